The van der Waals surface area contributed by atoms with Gasteiger partial charge in [0.1, 0.15) is 12.3 Å². The van der Waals surface area contributed by atoms with E-state index in [1.54, 1.807) is 61.9 Å². The fourth-order valence-electron chi connectivity index (χ4n) is 7.76. The molecule has 2 amide bonds. The molecule has 8 rings (SSSR count). The molecule has 2 fully saturated rings. The van der Waals surface area contributed by atoms with Crippen molar-refractivity contribution in [1.29, 1.82) is 0 Å². The van der Waals surface area contributed by atoms with Gasteiger partial charge in [0.15, 0.2) is 23.0 Å². The number of nitrogens with zero attached hydrogens (tertiary/aromatic N) is 5. The average Bonchev–Trinajstić information content (AvgIpc) is 4.12. The number of ether oxygens (including phenoxy) is 4. The zero-order valence-corrected chi connectivity index (χ0v) is 46.1. The first-order chi connectivity index (χ1) is 36.7. The van der Waals surface area contributed by atoms with E-state index in [4.69, 9.17) is 45.9 Å². The van der Waals surface area contributed by atoms with Gasteiger partial charge in [-0.3, -0.25) is 24.4 Å². The molecule has 2 saturated heterocycles. The van der Waals surface area contributed by atoms with Crippen molar-refractivity contribution >= 4 is 46.7 Å². The van der Waals surface area contributed by atoms with Crippen molar-refractivity contribution in [2.45, 2.75) is 83.7 Å². The predicted octanol–water partition coefficient (Wildman–Crippen LogP) is 3.29. The molecule has 19 nitrogen and oxygen atoms in total. The number of pyridine rings is 2. The average molecular weight is 1120 g/mol. The van der Waals surface area contributed by atoms with Gasteiger partial charge in [-0.1, -0.05) is 6.07 Å². The number of carbonyl (C=O) groups excluding carboxylic acids is 3. The maximum atomic E-state index is 13.8. The Balaban J connectivity index is 0.00000119. The largest absolute Gasteiger partial charge is 1.00 e. The number of benzene rings is 2. The summed E-state index contributed by atoms with van der Waals surface area (Å²) < 4.78 is 103. The van der Waals surface area contributed by atoms with Crippen LogP contribution in [0.4, 0.5) is 26.3 Å². The Bertz CT molecular complexity index is 2490. The second-order valence-electron chi connectivity index (χ2n) is 17.2. The predicted molar refractivity (Wildman–Crippen MR) is 277 cm³/mol. The van der Waals surface area contributed by atoms with E-state index in [0.29, 0.717) is 71.5 Å². The summed E-state index contributed by atoms with van der Waals surface area (Å²) >= 11 is 0. The molecule has 2 aromatic heterocycles. The van der Waals surface area contributed by atoms with E-state index in [2.05, 4.69) is 25.4 Å². The van der Waals surface area contributed by atoms with E-state index >= 15 is 0 Å². The third-order valence-electron chi connectivity index (χ3n) is 11.8. The van der Waals surface area contributed by atoms with Crippen LogP contribution in [0.2, 0.25) is 13.6 Å². The van der Waals surface area contributed by atoms with Crippen LogP contribution in [0.3, 0.4) is 0 Å². The van der Waals surface area contributed by atoms with Crippen LogP contribution < -0.4 is 64.9 Å². The molecule has 0 saturated carbocycles. The maximum absolute atomic E-state index is 13.8. The van der Waals surface area contributed by atoms with Crippen LogP contribution >= 0.6 is 0 Å². The van der Waals surface area contributed by atoms with Crippen molar-refractivity contribution in [1.82, 2.24) is 30.3 Å². The number of piperidine rings is 2. The molecule has 0 bridgehead atoms. The number of carboxylic acid groups (broad SMARTS) is 1. The topological polar surface area (TPSA) is 249 Å². The molecule has 0 spiro atoms. The van der Waals surface area contributed by atoms with Crippen molar-refractivity contribution < 1.29 is 110 Å². The summed E-state index contributed by atoms with van der Waals surface area (Å²) in [6, 6.07) is 15.0. The fraction of sp³-hybridized carbons (Fsp3) is 0.460. The SMILES string of the molecule is CB(O)N1CCC(CCN(C(=O)C(F)(F)F)C(C(=O)NCc2ccncc2)c2ccc3c(c2)OCO3)CC1.CB=O.NCCC1CCNCC1.O=C(O)C(F)(F)F.O=Cc1ccc2c(c1)OCO2.[B].[C-]#[N+]Cc1ccncc1.[H-].[Na+]. The molecule has 6 N–H and O–H groups in total. The zero-order valence-electron chi connectivity index (χ0n) is 45.1. The van der Waals surface area contributed by atoms with Crippen LogP contribution in [-0.2, 0) is 32.2 Å². The molecule has 79 heavy (non-hydrogen) atoms. The Labute approximate surface area is 481 Å². The molecule has 3 radical (unpaired) electrons. The molecule has 2 aromatic carbocycles. The second-order valence-corrected chi connectivity index (χ2v) is 17.2. The minimum absolute atomic E-state index is 0. The van der Waals surface area contributed by atoms with Crippen molar-refractivity contribution in [3.05, 3.63) is 119 Å². The summed E-state index contributed by atoms with van der Waals surface area (Å²) in [5.74, 6) is -2.58. The Morgan fingerprint density at radius 2 is 1.37 bits per heavy atom. The smallest absolute Gasteiger partial charge is 1.00 e. The molecule has 4 aliphatic heterocycles. The van der Waals surface area contributed by atoms with Gasteiger partial charge in [0.05, 0.1) is 0 Å². The minimum Gasteiger partial charge on any atom is -1.00 e. The quantitative estimate of drug-likeness (QED) is 0.0558. The molecule has 6 heterocycles. The van der Waals surface area contributed by atoms with E-state index in [9.17, 15) is 45.8 Å². The third kappa shape index (κ3) is 26.2. The van der Waals surface area contributed by atoms with Crippen molar-refractivity contribution in [2.75, 3.05) is 52.9 Å². The van der Waals surface area contributed by atoms with E-state index in [0.717, 1.165) is 31.5 Å². The number of amides is 2. The molecule has 29 heteroatoms. The number of hydrogen-bond acceptors (Lipinski definition) is 15. The molecular weight excluding hydrogens is 1060 g/mol. The van der Waals surface area contributed by atoms with Crippen LogP contribution in [0, 0.1) is 18.4 Å². The molecular formula is C50H63B3F6N8NaO11. The van der Waals surface area contributed by atoms with Crippen molar-refractivity contribution in [3.8, 4) is 23.0 Å². The van der Waals surface area contributed by atoms with Crippen LogP contribution in [0.1, 0.15) is 73.0 Å². The number of halogens is 6. The summed E-state index contributed by atoms with van der Waals surface area (Å²) in [6.07, 6.45) is 2.50. The zero-order chi connectivity index (χ0) is 56.8. The summed E-state index contributed by atoms with van der Waals surface area (Å²) in [5.41, 5.74) is 7.96. The van der Waals surface area contributed by atoms with Crippen LogP contribution in [0.5, 0.6) is 23.0 Å². The van der Waals surface area contributed by atoms with Crippen LogP contribution in [0.25, 0.3) is 4.85 Å². The third-order valence-corrected chi connectivity index (χ3v) is 11.8. The molecule has 0 aliphatic carbocycles. The van der Waals surface area contributed by atoms with Crippen molar-refractivity contribution in [2.24, 2.45) is 17.6 Å². The normalized spacial score (nSPS) is 14.4. The Hall–Kier alpha value is -6.08. The number of alkyl halides is 6. The van der Waals surface area contributed by atoms with E-state index < -0.39 is 43.2 Å². The van der Waals surface area contributed by atoms with E-state index in [-0.39, 0.29) is 84.0 Å². The van der Waals surface area contributed by atoms with Gasteiger partial charge in [-0.2, -0.15) is 26.3 Å². The minimum atomic E-state index is -5.17. The van der Waals surface area contributed by atoms with Gasteiger partial charge in [-0.15, -0.1) is 0 Å². The number of rotatable bonds is 13. The van der Waals surface area contributed by atoms with E-state index in [1.807, 2.05) is 16.9 Å². The van der Waals surface area contributed by atoms with Gasteiger partial charge in [0, 0.05) is 57.4 Å². The first-order valence-electron chi connectivity index (χ1n) is 24.3. The standard InChI is InChI=1S/C25H30BF3N4O5.C8H6O3.C7H6N2.C7H16N2.C2HF3O2.CH3BO.B.Na.H/c1-26(36)32-11-6-17(7-12-32)8-13-33(24(35)25(27,28)29)22(19-2-3-20-21(14-19)38-16-37-20)23(34)31-15-18-4-9-30-10-5-18;9-4-6-1-2-7-8(3-6)11-5-10-7;1-8-6-7-2-4-9-5-3-7;8-4-1-7-2-5-9-6-3-7;3-2(4,5)1(6)7;1-2-3;;;/h2-5,9-10,14,17,22,36H,6-8,11-13,15-16H2,1H3,(H,31,34);1-4H,5H2;2-5H,6H2;7,9H,1-6,8H2;(H,6,7);1H3;;;/q;;;;;;;+1;-1. The summed E-state index contributed by atoms with van der Waals surface area (Å²) in [4.78, 5) is 58.9. The molecule has 1 atom stereocenters. The Morgan fingerprint density at radius 3 is 1.85 bits per heavy atom. The number of aliphatic carboxylic acids is 1. The van der Waals surface area contributed by atoms with Gasteiger partial charge in [-0.25, -0.2) is 11.4 Å². The summed E-state index contributed by atoms with van der Waals surface area (Å²) in [7, 11) is 0.152. The number of aldehydes is 1. The monoisotopic (exact) mass is 1120 g/mol. The van der Waals surface area contributed by atoms with Crippen molar-refractivity contribution in [3.63, 3.8) is 0 Å². The summed E-state index contributed by atoms with van der Waals surface area (Å²) in [6.45, 7) is 14.6. The number of nitrogens with two attached hydrogens (primary N) is 1. The van der Waals surface area contributed by atoms with Gasteiger partial charge < -0.3 is 61.4 Å². The number of carboxylic acids is 1. The van der Waals surface area contributed by atoms with Gasteiger partial charge in [0.2, 0.25) is 26.0 Å². The summed E-state index contributed by atoms with van der Waals surface area (Å²) in [5, 5.41) is 22.9. The van der Waals surface area contributed by atoms with Gasteiger partial charge >= 0.3 is 79.5 Å². The first-order valence-corrected chi connectivity index (χ1v) is 24.3. The Morgan fingerprint density at radius 1 is 0.873 bits per heavy atom. The second kappa shape index (κ2) is 37.7. The molecule has 4 aromatic rings. The van der Waals surface area contributed by atoms with Crippen LogP contribution in [-0.4, -0.2) is 142 Å². The number of hydrogen-bond donors (Lipinski definition) is 5. The van der Waals surface area contributed by atoms with E-state index in [1.165, 1.54) is 57.4 Å². The Kier molecular flexibility index (Phi) is 33.9. The number of carbonyl (C=O) groups is 4. The van der Waals surface area contributed by atoms with Gasteiger partial charge in [-0.05, 0) is 156 Å². The number of aromatic nitrogens is 2. The number of nitrogens with one attached hydrogen (secondary N) is 2. The fourth-order valence-corrected chi connectivity index (χ4v) is 7.76. The maximum Gasteiger partial charge on any atom is 1.00 e. The van der Waals surface area contributed by atoms with Crippen LogP contribution in [0.15, 0.2) is 85.5 Å². The van der Waals surface area contributed by atoms with Gasteiger partial charge in [0.25, 0.3) is 0 Å². The molecule has 1 unspecified atom stereocenters. The first kappa shape index (κ1) is 70.9. The number of fused-ring (bicyclic) bond motifs is 2. The molecule has 4 aliphatic rings. The molecule has 421 valence electrons.